The highest BCUT2D eigenvalue weighted by Crippen LogP contribution is 2.27. The van der Waals surface area contributed by atoms with Crippen LogP contribution >= 0.6 is 15.9 Å². The van der Waals surface area contributed by atoms with Crippen molar-refractivity contribution in [2.75, 3.05) is 5.32 Å². The maximum Gasteiger partial charge on any atom is 0.273 e. The van der Waals surface area contributed by atoms with Gasteiger partial charge in [0.1, 0.15) is 5.52 Å². The molecule has 2 heterocycles. The number of hydrogen-bond donors (Lipinski definition) is 1. The number of oxazole rings is 1. The first-order chi connectivity index (χ1) is 13.9. The molecule has 0 saturated heterocycles. The summed E-state index contributed by atoms with van der Waals surface area (Å²) in [6.07, 6.45) is 3.30. The number of benzene rings is 2. The zero-order chi connectivity index (χ0) is 20.5. The number of nitrogens with zero attached hydrogens (tertiary/aromatic N) is 3. The van der Waals surface area contributed by atoms with Crippen molar-refractivity contribution in [1.29, 1.82) is 0 Å². The van der Waals surface area contributed by atoms with Crippen molar-refractivity contribution >= 4 is 44.3 Å². The van der Waals surface area contributed by atoms with E-state index in [1.807, 2.05) is 6.07 Å². The number of anilines is 1. The molecule has 29 heavy (non-hydrogen) atoms. The van der Waals surface area contributed by atoms with Crippen LogP contribution in [0.15, 0.2) is 63.7 Å². The molecule has 2 aromatic carbocycles. The first kappa shape index (κ1) is 18.8. The van der Waals surface area contributed by atoms with Crippen LogP contribution in [0, 0.1) is 17.0 Å². The summed E-state index contributed by atoms with van der Waals surface area (Å²) in [5, 5.41) is 13.8. The van der Waals surface area contributed by atoms with Gasteiger partial charge in [-0.25, -0.2) is 4.98 Å². The Morgan fingerprint density at radius 3 is 2.76 bits per heavy atom. The number of nitrogens with one attached hydrogen (secondary N) is 1. The van der Waals surface area contributed by atoms with Crippen LogP contribution in [0.4, 0.5) is 11.4 Å². The van der Waals surface area contributed by atoms with Gasteiger partial charge >= 0.3 is 0 Å². The van der Waals surface area contributed by atoms with Crippen molar-refractivity contribution in [3.63, 3.8) is 0 Å². The highest BCUT2D eigenvalue weighted by atomic mass is 79.9. The molecule has 0 aliphatic rings. The van der Waals surface area contributed by atoms with Gasteiger partial charge in [-0.1, -0.05) is 6.07 Å². The van der Waals surface area contributed by atoms with Crippen molar-refractivity contribution in [2.45, 2.75) is 6.92 Å². The van der Waals surface area contributed by atoms with Crippen LogP contribution in [0.3, 0.4) is 0 Å². The summed E-state index contributed by atoms with van der Waals surface area (Å²) in [5.41, 5.74) is 2.92. The lowest BCUT2D eigenvalue weighted by molar-refractivity contribution is -0.385. The third kappa shape index (κ3) is 3.85. The summed E-state index contributed by atoms with van der Waals surface area (Å²) in [7, 11) is 0. The molecule has 0 saturated carbocycles. The molecule has 1 N–H and O–H groups in total. The summed E-state index contributed by atoms with van der Waals surface area (Å²) in [5.74, 6) is -0.0428. The van der Waals surface area contributed by atoms with E-state index < -0.39 is 10.8 Å². The molecular formula is C20H13BrN4O4. The van der Waals surface area contributed by atoms with E-state index in [1.54, 1.807) is 49.6 Å². The van der Waals surface area contributed by atoms with Gasteiger partial charge in [0, 0.05) is 39.7 Å². The van der Waals surface area contributed by atoms with Crippen LogP contribution in [0.2, 0.25) is 0 Å². The van der Waals surface area contributed by atoms with Gasteiger partial charge in [0.05, 0.1) is 10.5 Å². The van der Waals surface area contributed by atoms with E-state index in [1.165, 1.54) is 6.07 Å². The van der Waals surface area contributed by atoms with Gasteiger partial charge in [-0.15, -0.1) is 0 Å². The molecule has 0 atom stereocenters. The van der Waals surface area contributed by atoms with Gasteiger partial charge in [0.15, 0.2) is 5.58 Å². The Morgan fingerprint density at radius 1 is 1.17 bits per heavy atom. The minimum Gasteiger partial charge on any atom is -0.436 e. The number of pyridine rings is 1. The molecule has 144 valence electrons. The van der Waals surface area contributed by atoms with Crippen LogP contribution in [-0.4, -0.2) is 20.8 Å². The fourth-order valence-electron chi connectivity index (χ4n) is 2.81. The van der Waals surface area contributed by atoms with E-state index >= 15 is 0 Å². The number of amides is 1. The predicted molar refractivity (Wildman–Crippen MR) is 111 cm³/mol. The first-order valence-electron chi connectivity index (χ1n) is 8.48. The van der Waals surface area contributed by atoms with Crippen molar-refractivity contribution in [3.05, 3.63) is 80.6 Å². The molecule has 0 aliphatic carbocycles. The second-order valence-corrected chi connectivity index (χ2v) is 7.22. The number of aryl methyl sites for hydroxylation is 1. The number of aromatic nitrogens is 2. The number of carbonyl (C=O) groups is 1. The van der Waals surface area contributed by atoms with Gasteiger partial charge in [-0.3, -0.25) is 19.9 Å². The molecule has 0 radical (unpaired) electrons. The first-order valence-corrected chi connectivity index (χ1v) is 9.28. The van der Waals surface area contributed by atoms with E-state index in [0.29, 0.717) is 33.8 Å². The highest BCUT2D eigenvalue weighted by Gasteiger charge is 2.16. The van der Waals surface area contributed by atoms with Crippen LogP contribution < -0.4 is 5.32 Å². The lowest BCUT2D eigenvalue weighted by atomic mass is 10.1. The van der Waals surface area contributed by atoms with E-state index in [0.717, 1.165) is 4.47 Å². The van der Waals surface area contributed by atoms with Gasteiger partial charge < -0.3 is 9.73 Å². The Labute approximate surface area is 172 Å². The SMILES string of the molecule is Cc1ccc(C(=O)Nc2ccc3oc(-c4cncc(Br)c4)nc3c2)cc1[N+](=O)[O-]. The molecule has 0 unspecified atom stereocenters. The summed E-state index contributed by atoms with van der Waals surface area (Å²) in [4.78, 5) is 31.6. The third-order valence-electron chi connectivity index (χ3n) is 4.27. The summed E-state index contributed by atoms with van der Waals surface area (Å²) < 4.78 is 6.55. The zero-order valence-corrected chi connectivity index (χ0v) is 16.6. The van der Waals surface area contributed by atoms with Gasteiger partial charge in [0.2, 0.25) is 5.89 Å². The molecule has 0 spiro atoms. The normalized spacial score (nSPS) is 10.8. The number of hydrogen-bond acceptors (Lipinski definition) is 6. The van der Waals surface area contributed by atoms with Crippen LogP contribution in [0.1, 0.15) is 15.9 Å². The van der Waals surface area contributed by atoms with Gasteiger partial charge in [-0.05, 0) is 53.2 Å². The Kier molecular flexibility index (Phi) is 4.81. The van der Waals surface area contributed by atoms with E-state index in [9.17, 15) is 14.9 Å². The monoisotopic (exact) mass is 452 g/mol. The second kappa shape index (κ2) is 7.44. The molecule has 0 bridgehead atoms. The molecule has 2 aromatic heterocycles. The summed E-state index contributed by atoms with van der Waals surface area (Å²) >= 11 is 3.36. The van der Waals surface area contributed by atoms with Crippen LogP contribution in [-0.2, 0) is 0 Å². The highest BCUT2D eigenvalue weighted by molar-refractivity contribution is 9.10. The van der Waals surface area contributed by atoms with Crippen molar-refractivity contribution in [1.82, 2.24) is 9.97 Å². The lowest BCUT2D eigenvalue weighted by Gasteiger charge is -2.06. The zero-order valence-electron chi connectivity index (χ0n) is 15.0. The molecule has 0 fully saturated rings. The Hall–Kier alpha value is -3.59. The third-order valence-corrected chi connectivity index (χ3v) is 4.70. The lowest BCUT2D eigenvalue weighted by Crippen LogP contribution is -2.12. The van der Waals surface area contributed by atoms with E-state index in [-0.39, 0.29) is 11.3 Å². The largest absolute Gasteiger partial charge is 0.436 e. The Balaban J connectivity index is 1.61. The molecule has 4 aromatic rings. The number of carbonyl (C=O) groups excluding carboxylic acids is 1. The van der Waals surface area contributed by atoms with E-state index in [2.05, 4.69) is 31.2 Å². The van der Waals surface area contributed by atoms with Crippen molar-refractivity contribution in [2.24, 2.45) is 0 Å². The molecular weight excluding hydrogens is 440 g/mol. The summed E-state index contributed by atoms with van der Waals surface area (Å²) in [6, 6.07) is 11.2. The minimum absolute atomic E-state index is 0.100. The number of rotatable bonds is 4. The average Bonchev–Trinajstić information content (AvgIpc) is 3.11. The van der Waals surface area contributed by atoms with Crippen molar-refractivity contribution in [3.8, 4) is 11.5 Å². The quantitative estimate of drug-likeness (QED) is 0.339. The standard InChI is InChI=1S/C20H13BrN4O4/c1-11-2-3-12(7-17(11)25(27)28)19(26)23-15-4-5-18-16(8-15)24-20(29-18)13-6-14(21)10-22-9-13/h2-10H,1H3,(H,23,26). The fourth-order valence-corrected chi connectivity index (χ4v) is 3.17. The number of nitro groups is 1. The molecule has 8 nitrogen and oxygen atoms in total. The minimum atomic E-state index is -0.508. The Bertz CT molecular complexity index is 1270. The number of nitro benzene ring substituents is 1. The Morgan fingerprint density at radius 2 is 2.00 bits per heavy atom. The molecule has 9 heteroatoms. The van der Waals surface area contributed by atoms with E-state index in [4.69, 9.17) is 4.42 Å². The average molecular weight is 453 g/mol. The second-order valence-electron chi connectivity index (χ2n) is 6.31. The summed E-state index contributed by atoms with van der Waals surface area (Å²) in [6.45, 7) is 1.62. The topological polar surface area (TPSA) is 111 Å². The molecule has 4 rings (SSSR count). The smallest absolute Gasteiger partial charge is 0.273 e. The van der Waals surface area contributed by atoms with Crippen LogP contribution in [0.5, 0.6) is 0 Å². The van der Waals surface area contributed by atoms with Crippen LogP contribution in [0.25, 0.3) is 22.6 Å². The molecule has 1 amide bonds. The fraction of sp³-hybridized carbons (Fsp3) is 0.0500. The maximum absolute atomic E-state index is 12.5. The maximum atomic E-state index is 12.5. The van der Waals surface area contributed by atoms with Gasteiger partial charge in [-0.2, -0.15) is 0 Å². The molecule has 0 aliphatic heterocycles. The number of fused-ring (bicyclic) bond motifs is 1. The van der Waals surface area contributed by atoms with Crippen molar-refractivity contribution < 1.29 is 14.1 Å². The van der Waals surface area contributed by atoms with Gasteiger partial charge in [0.25, 0.3) is 11.6 Å². The predicted octanol–water partition coefficient (Wildman–Crippen LogP) is 5.12. The number of halogens is 1.